The largest absolute Gasteiger partial charge is 0.496 e. The zero-order chi connectivity index (χ0) is 13.9. The zero-order valence-electron chi connectivity index (χ0n) is 11.6. The summed E-state index contributed by atoms with van der Waals surface area (Å²) in [4.78, 5) is 11.2. The van der Waals surface area contributed by atoms with Gasteiger partial charge in [0.25, 0.3) is 0 Å². The van der Waals surface area contributed by atoms with Crippen LogP contribution in [0.2, 0.25) is 0 Å². The molecule has 0 spiro atoms. The maximum atomic E-state index is 11.2. The van der Waals surface area contributed by atoms with Crippen LogP contribution in [0.3, 0.4) is 0 Å². The summed E-state index contributed by atoms with van der Waals surface area (Å²) < 4.78 is 5.24. The first-order chi connectivity index (χ1) is 8.31. The Morgan fingerprint density at radius 2 is 2.00 bits per heavy atom. The molecule has 4 nitrogen and oxygen atoms in total. The first kappa shape index (κ1) is 14.5. The molecule has 0 heterocycles. The molecule has 1 aromatic rings. The Morgan fingerprint density at radius 3 is 2.39 bits per heavy atom. The predicted molar refractivity (Wildman–Crippen MR) is 71.1 cm³/mol. The van der Waals surface area contributed by atoms with Gasteiger partial charge < -0.3 is 15.2 Å². The van der Waals surface area contributed by atoms with Crippen molar-refractivity contribution >= 4 is 5.97 Å². The van der Waals surface area contributed by atoms with E-state index in [2.05, 4.69) is 26.1 Å². The molecular weight excluding hydrogens is 230 g/mol. The first-order valence-corrected chi connectivity index (χ1v) is 5.89. The Kier molecular flexibility index (Phi) is 4.35. The highest BCUT2D eigenvalue weighted by atomic mass is 16.5. The van der Waals surface area contributed by atoms with Crippen molar-refractivity contribution in [3.8, 4) is 5.75 Å². The van der Waals surface area contributed by atoms with Crippen LogP contribution in [0.4, 0.5) is 0 Å². The van der Waals surface area contributed by atoms with Gasteiger partial charge in [-0.05, 0) is 30.2 Å². The van der Waals surface area contributed by atoms with Gasteiger partial charge in [0.15, 0.2) is 0 Å². The van der Waals surface area contributed by atoms with Gasteiger partial charge in [0, 0.05) is 5.56 Å². The van der Waals surface area contributed by atoms with Gasteiger partial charge in [-0.1, -0.05) is 26.8 Å². The molecule has 18 heavy (non-hydrogen) atoms. The summed E-state index contributed by atoms with van der Waals surface area (Å²) >= 11 is 0. The monoisotopic (exact) mass is 251 g/mol. The lowest BCUT2D eigenvalue weighted by Gasteiger charge is -2.23. The molecule has 0 bridgehead atoms. The Morgan fingerprint density at radius 1 is 1.39 bits per heavy atom. The first-order valence-electron chi connectivity index (χ1n) is 5.89. The molecule has 0 radical (unpaired) electrons. The average molecular weight is 251 g/mol. The van der Waals surface area contributed by atoms with E-state index in [1.165, 1.54) is 0 Å². The maximum Gasteiger partial charge on any atom is 0.325 e. The number of methoxy groups -OCH3 is 1. The van der Waals surface area contributed by atoms with Gasteiger partial charge in [0.2, 0.25) is 0 Å². The Bertz CT molecular complexity index is 435. The number of carboxylic acids is 1. The van der Waals surface area contributed by atoms with E-state index in [9.17, 15) is 9.90 Å². The van der Waals surface area contributed by atoms with Gasteiger partial charge in [-0.3, -0.25) is 4.79 Å². The fraction of sp³-hybridized carbons (Fsp3) is 0.500. The molecule has 0 aromatic heterocycles. The van der Waals surface area contributed by atoms with Crippen LogP contribution in [-0.2, 0) is 10.2 Å². The predicted octanol–water partition coefficient (Wildman–Crippen LogP) is 2.34. The second-order valence-corrected chi connectivity index (χ2v) is 5.27. The van der Waals surface area contributed by atoms with Crippen LogP contribution < -0.4 is 10.1 Å². The van der Waals surface area contributed by atoms with Crippen LogP contribution in [0, 0.1) is 0 Å². The second-order valence-electron chi connectivity index (χ2n) is 5.27. The summed E-state index contributed by atoms with van der Waals surface area (Å²) in [6.07, 6.45) is 0. The van der Waals surface area contributed by atoms with Crippen molar-refractivity contribution in [1.29, 1.82) is 0 Å². The van der Waals surface area contributed by atoms with Crippen LogP contribution in [0.1, 0.15) is 37.9 Å². The zero-order valence-corrected chi connectivity index (χ0v) is 11.6. The van der Waals surface area contributed by atoms with Gasteiger partial charge in [-0.25, -0.2) is 0 Å². The molecular formula is C14H21NO3. The molecule has 0 aliphatic rings. The number of aliphatic carboxylic acids is 1. The number of rotatable bonds is 4. The number of carbonyl (C=O) groups is 1. The third kappa shape index (κ3) is 3.01. The number of hydrogen-bond acceptors (Lipinski definition) is 3. The van der Waals surface area contributed by atoms with Crippen LogP contribution >= 0.6 is 0 Å². The molecule has 0 fully saturated rings. The molecule has 0 amide bonds. The lowest BCUT2D eigenvalue weighted by Crippen LogP contribution is -2.26. The van der Waals surface area contributed by atoms with Crippen molar-refractivity contribution in [2.75, 3.05) is 14.2 Å². The third-order valence-corrected chi connectivity index (χ3v) is 2.94. The number of ether oxygens (including phenoxy) is 1. The molecule has 2 N–H and O–H groups in total. The number of hydrogen-bond donors (Lipinski definition) is 2. The van der Waals surface area contributed by atoms with E-state index in [0.29, 0.717) is 11.3 Å². The minimum Gasteiger partial charge on any atom is -0.496 e. The highest BCUT2D eigenvalue weighted by Crippen LogP contribution is 2.31. The fourth-order valence-corrected chi connectivity index (χ4v) is 1.84. The van der Waals surface area contributed by atoms with Crippen LogP contribution in [0.15, 0.2) is 18.2 Å². The lowest BCUT2D eigenvalue weighted by atomic mass is 9.85. The van der Waals surface area contributed by atoms with Gasteiger partial charge in [0.1, 0.15) is 11.8 Å². The SMILES string of the molecule is CNC(C(=O)O)c1cc(C(C)(C)C)ccc1OC. The van der Waals surface area contributed by atoms with E-state index in [1.54, 1.807) is 14.2 Å². The summed E-state index contributed by atoms with van der Waals surface area (Å²) in [5.41, 5.74) is 1.71. The molecule has 0 aliphatic heterocycles. The van der Waals surface area contributed by atoms with Gasteiger partial charge in [0.05, 0.1) is 7.11 Å². The van der Waals surface area contributed by atoms with E-state index in [1.807, 2.05) is 18.2 Å². The average Bonchev–Trinajstić information content (AvgIpc) is 2.28. The quantitative estimate of drug-likeness (QED) is 0.862. The van der Waals surface area contributed by atoms with Crippen molar-refractivity contribution in [3.05, 3.63) is 29.3 Å². The third-order valence-electron chi connectivity index (χ3n) is 2.94. The molecule has 1 unspecified atom stereocenters. The van der Waals surface area contributed by atoms with Crippen molar-refractivity contribution < 1.29 is 14.6 Å². The van der Waals surface area contributed by atoms with Gasteiger partial charge in [-0.15, -0.1) is 0 Å². The van der Waals surface area contributed by atoms with E-state index < -0.39 is 12.0 Å². The number of carboxylic acid groups (broad SMARTS) is 1. The molecule has 1 atom stereocenters. The maximum absolute atomic E-state index is 11.2. The van der Waals surface area contributed by atoms with E-state index in [0.717, 1.165) is 5.56 Å². The number of likely N-dealkylation sites (N-methyl/N-ethyl adjacent to an activating group) is 1. The number of nitrogens with one attached hydrogen (secondary N) is 1. The Hall–Kier alpha value is -1.55. The Labute approximate surface area is 108 Å². The van der Waals surface area contributed by atoms with Crippen molar-refractivity contribution in [2.45, 2.75) is 32.2 Å². The highest BCUT2D eigenvalue weighted by Gasteiger charge is 2.24. The van der Waals surface area contributed by atoms with E-state index in [4.69, 9.17) is 4.74 Å². The summed E-state index contributed by atoms with van der Waals surface area (Å²) in [6.45, 7) is 6.27. The minimum atomic E-state index is -0.915. The molecule has 0 aliphatic carbocycles. The molecule has 0 saturated carbocycles. The summed E-state index contributed by atoms with van der Waals surface area (Å²) in [6, 6.07) is 4.93. The smallest absolute Gasteiger partial charge is 0.325 e. The fourth-order valence-electron chi connectivity index (χ4n) is 1.84. The molecule has 0 saturated heterocycles. The van der Waals surface area contributed by atoms with Crippen molar-refractivity contribution in [1.82, 2.24) is 5.32 Å². The summed E-state index contributed by atoms with van der Waals surface area (Å²) in [7, 11) is 3.17. The van der Waals surface area contributed by atoms with Gasteiger partial charge in [-0.2, -0.15) is 0 Å². The molecule has 1 aromatic carbocycles. The molecule has 4 heteroatoms. The van der Waals surface area contributed by atoms with E-state index in [-0.39, 0.29) is 5.41 Å². The summed E-state index contributed by atoms with van der Waals surface area (Å²) in [5, 5.41) is 12.0. The Balaban J connectivity index is 3.34. The van der Waals surface area contributed by atoms with Crippen LogP contribution in [0.25, 0.3) is 0 Å². The normalized spacial score (nSPS) is 13.2. The van der Waals surface area contributed by atoms with Crippen molar-refractivity contribution in [3.63, 3.8) is 0 Å². The van der Waals surface area contributed by atoms with Crippen molar-refractivity contribution in [2.24, 2.45) is 0 Å². The second kappa shape index (κ2) is 5.40. The standard InChI is InChI=1S/C14H21NO3/c1-14(2,3)9-6-7-11(18-5)10(8-9)12(15-4)13(16)17/h6-8,12,15H,1-5H3,(H,16,17). The molecule has 1 rings (SSSR count). The van der Waals surface area contributed by atoms with Crippen LogP contribution in [-0.4, -0.2) is 25.2 Å². The van der Waals surface area contributed by atoms with Gasteiger partial charge >= 0.3 is 5.97 Å². The molecule has 100 valence electrons. The minimum absolute atomic E-state index is 0.0299. The summed E-state index contributed by atoms with van der Waals surface area (Å²) in [5.74, 6) is -0.327. The van der Waals surface area contributed by atoms with E-state index >= 15 is 0 Å². The number of benzene rings is 1. The lowest BCUT2D eigenvalue weighted by molar-refractivity contribution is -0.139. The van der Waals surface area contributed by atoms with Crippen LogP contribution in [0.5, 0.6) is 5.75 Å². The highest BCUT2D eigenvalue weighted by molar-refractivity contribution is 5.76. The topological polar surface area (TPSA) is 58.6 Å².